The average molecular weight is 277 g/mol. The predicted octanol–water partition coefficient (Wildman–Crippen LogP) is 2.19. The molecule has 0 aliphatic heterocycles. The van der Waals surface area contributed by atoms with Gasteiger partial charge < -0.3 is 10.6 Å². The largest absolute Gasteiger partial charge is 0.398 e. The summed E-state index contributed by atoms with van der Waals surface area (Å²) in [5.41, 5.74) is 6.38. The fourth-order valence-corrected chi connectivity index (χ4v) is 1.76. The molecule has 0 fully saturated rings. The highest BCUT2D eigenvalue weighted by Gasteiger charge is 2.17. The van der Waals surface area contributed by atoms with Crippen LogP contribution in [0.15, 0.2) is 18.2 Å². The zero-order valence-corrected chi connectivity index (χ0v) is 11.0. The molecule has 0 aliphatic carbocycles. The van der Waals surface area contributed by atoms with Crippen molar-refractivity contribution < 1.29 is 4.79 Å². The zero-order chi connectivity index (χ0) is 14.3. The van der Waals surface area contributed by atoms with Gasteiger partial charge in [0.05, 0.1) is 30.5 Å². The van der Waals surface area contributed by atoms with Gasteiger partial charge in [0, 0.05) is 23.8 Å². The molecule has 1 aromatic carbocycles. The molecule has 0 unspecified atom stereocenters. The molecule has 19 heavy (non-hydrogen) atoms. The number of nitriles is 2. The van der Waals surface area contributed by atoms with E-state index in [4.69, 9.17) is 27.9 Å². The molecule has 0 radical (unpaired) electrons. The van der Waals surface area contributed by atoms with Crippen LogP contribution < -0.4 is 5.73 Å². The molecular weight excluding hydrogens is 264 g/mol. The first kappa shape index (κ1) is 14.8. The van der Waals surface area contributed by atoms with Gasteiger partial charge in [0.2, 0.25) is 0 Å². The Hall–Kier alpha value is -2.24. The molecule has 1 aromatic rings. The van der Waals surface area contributed by atoms with Gasteiger partial charge in [-0.3, -0.25) is 4.79 Å². The van der Waals surface area contributed by atoms with Crippen LogP contribution in [-0.2, 0) is 0 Å². The summed E-state index contributed by atoms with van der Waals surface area (Å²) in [5, 5.41) is 17.6. The number of halogens is 1. The first-order valence-electron chi connectivity index (χ1n) is 5.68. The van der Waals surface area contributed by atoms with Crippen LogP contribution in [0.25, 0.3) is 0 Å². The van der Waals surface area contributed by atoms with Gasteiger partial charge in [-0.1, -0.05) is 11.6 Å². The van der Waals surface area contributed by atoms with Crippen molar-refractivity contribution in [3.05, 3.63) is 28.8 Å². The lowest BCUT2D eigenvalue weighted by Gasteiger charge is -2.21. The second kappa shape index (κ2) is 7.25. The third-order valence-corrected chi connectivity index (χ3v) is 2.75. The van der Waals surface area contributed by atoms with Gasteiger partial charge in [-0.15, -0.1) is 0 Å². The van der Waals surface area contributed by atoms with E-state index in [9.17, 15) is 4.79 Å². The summed E-state index contributed by atoms with van der Waals surface area (Å²) < 4.78 is 0. The number of amides is 1. The lowest BCUT2D eigenvalue weighted by Crippen LogP contribution is -2.33. The van der Waals surface area contributed by atoms with E-state index >= 15 is 0 Å². The van der Waals surface area contributed by atoms with Gasteiger partial charge in [0.25, 0.3) is 5.91 Å². The quantitative estimate of drug-likeness (QED) is 0.834. The monoisotopic (exact) mass is 276 g/mol. The molecule has 5 nitrogen and oxygen atoms in total. The molecule has 0 aliphatic rings. The normalized spacial score (nSPS) is 9.42. The number of rotatable bonds is 5. The number of carbonyl (C=O) groups is 1. The molecule has 2 N–H and O–H groups in total. The number of hydrogen-bond donors (Lipinski definition) is 1. The number of benzene rings is 1. The number of carbonyl (C=O) groups excluding carboxylic acids is 1. The number of nitrogens with zero attached hydrogens (tertiary/aromatic N) is 3. The topological polar surface area (TPSA) is 93.9 Å². The second-order valence-electron chi connectivity index (χ2n) is 3.84. The van der Waals surface area contributed by atoms with Crippen molar-refractivity contribution in [2.45, 2.75) is 12.8 Å². The van der Waals surface area contributed by atoms with Gasteiger partial charge in [-0.2, -0.15) is 10.5 Å². The highest BCUT2D eigenvalue weighted by atomic mass is 35.5. The summed E-state index contributed by atoms with van der Waals surface area (Å²) >= 11 is 5.78. The van der Waals surface area contributed by atoms with Gasteiger partial charge >= 0.3 is 0 Å². The van der Waals surface area contributed by atoms with Gasteiger partial charge in [0.1, 0.15) is 0 Å². The third-order valence-electron chi connectivity index (χ3n) is 2.52. The summed E-state index contributed by atoms with van der Waals surface area (Å²) in [6.07, 6.45) is 0.426. The van der Waals surface area contributed by atoms with Gasteiger partial charge in [0.15, 0.2) is 0 Å². The van der Waals surface area contributed by atoms with E-state index < -0.39 is 0 Å². The van der Waals surface area contributed by atoms with E-state index in [1.807, 2.05) is 12.1 Å². The van der Waals surface area contributed by atoms with Crippen LogP contribution >= 0.6 is 11.6 Å². The van der Waals surface area contributed by atoms with Crippen molar-refractivity contribution in [1.82, 2.24) is 4.90 Å². The first-order valence-corrected chi connectivity index (χ1v) is 6.06. The van der Waals surface area contributed by atoms with Crippen LogP contribution in [0.5, 0.6) is 0 Å². The van der Waals surface area contributed by atoms with Gasteiger partial charge in [-0.05, 0) is 18.2 Å². The lowest BCUT2D eigenvalue weighted by molar-refractivity contribution is 0.0763. The van der Waals surface area contributed by atoms with Crippen LogP contribution in [-0.4, -0.2) is 23.9 Å². The van der Waals surface area contributed by atoms with Crippen LogP contribution in [0, 0.1) is 22.7 Å². The smallest absolute Gasteiger partial charge is 0.256 e. The summed E-state index contributed by atoms with van der Waals surface area (Å²) in [7, 11) is 0. The van der Waals surface area contributed by atoms with Crippen molar-refractivity contribution in [1.29, 1.82) is 10.5 Å². The summed E-state index contributed by atoms with van der Waals surface area (Å²) in [4.78, 5) is 13.7. The molecule has 1 amide bonds. The highest BCUT2D eigenvalue weighted by Crippen LogP contribution is 2.19. The Morgan fingerprint density at radius 3 is 2.32 bits per heavy atom. The number of anilines is 1. The summed E-state index contributed by atoms with van der Waals surface area (Å²) in [6.45, 7) is 0.554. The third kappa shape index (κ3) is 4.17. The average Bonchev–Trinajstić information content (AvgIpc) is 2.38. The molecule has 0 saturated heterocycles. The van der Waals surface area contributed by atoms with E-state index in [0.29, 0.717) is 10.6 Å². The molecular formula is C13H13ClN4O. The van der Waals surface area contributed by atoms with E-state index in [0.717, 1.165) is 0 Å². The Balaban J connectivity index is 2.91. The Morgan fingerprint density at radius 2 is 1.84 bits per heavy atom. The van der Waals surface area contributed by atoms with Crippen molar-refractivity contribution in [3.63, 3.8) is 0 Å². The minimum Gasteiger partial charge on any atom is -0.398 e. The van der Waals surface area contributed by atoms with Crippen LogP contribution in [0.1, 0.15) is 23.2 Å². The van der Waals surface area contributed by atoms with Gasteiger partial charge in [-0.25, -0.2) is 0 Å². The predicted molar refractivity (Wildman–Crippen MR) is 72.2 cm³/mol. The van der Waals surface area contributed by atoms with Crippen LogP contribution in [0.3, 0.4) is 0 Å². The summed E-state index contributed by atoms with van der Waals surface area (Å²) in [6, 6.07) is 8.58. The van der Waals surface area contributed by atoms with Crippen molar-refractivity contribution in [2.75, 3.05) is 18.8 Å². The molecule has 0 atom stereocenters. The molecule has 1 rings (SSSR count). The van der Waals surface area contributed by atoms with Crippen LogP contribution in [0.2, 0.25) is 5.02 Å². The maximum atomic E-state index is 12.3. The Bertz CT molecular complexity index is 527. The minimum atomic E-state index is -0.292. The van der Waals surface area contributed by atoms with E-state index in [1.54, 1.807) is 12.1 Å². The second-order valence-corrected chi connectivity index (χ2v) is 4.28. The molecule has 0 saturated carbocycles. The maximum Gasteiger partial charge on any atom is 0.256 e. The van der Waals surface area contributed by atoms with E-state index in [1.165, 1.54) is 11.0 Å². The van der Waals surface area contributed by atoms with Crippen LogP contribution in [0.4, 0.5) is 5.69 Å². The number of hydrogen-bond acceptors (Lipinski definition) is 4. The standard InChI is InChI=1S/C13H13ClN4O/c14-10-3-4-11(12(17)9-10)13(19)18(7-1-5-15)8-2-6-16/h3-4,9H,1-2,7-8,17H2. The van der Waals surface area contributed by atoms with E-state index in [2.05, 4.69) is 0 Å². The number of nitrogen functional groups attached to an aromatic ring is 1. The highest BCUT2D eigenvalue weighted by molar-refractivity contribution is 6.31. The Labute approximate surface area is 116 Å². The van der Waals surface area contributed by atoms with E-state index in [-0.39, 0.29) is 37.5 Å². The molecule has 0 aromatic heterocycles. The molecule has 0 bridgehead atoms. The van der Waals surface area contributed by atoms with Crippen molar-refractivity contribution in [2.24, 2.45) is 0 Å². The minimum absolute atomic E-state index is 0.213. The molecule has 98 valence electrons. The fraction of sp³-hybridized carbons (Fsp3) is 0.308. The maximum absolute atomic E-state index is 12.3. The van der Waals surface area contributed by atoms with Crippen molar-refractivity contribution >= 4 is 23.2 Å². The Kier molecular flexibility index (Phi) is 5.66. The zero-order valence-electron chi connectivity index (χ0n) is 10.3. The number of nitrogens with two attached hydrogens (primary N) is 1. The summed E-state index contributed by atoms with van der Waals surface area (Å²) in [5.74, 6) is -0.292. The lowest BCUT2D eigenvalue weighted by atomic mass is 10.1. The molecule has 0 heterocycles. The fourth-order valence-electron chi connectivity index (χ4n) is 1.58. The SMILES string of the molecule is N#CCCN(CCC#N)C(=O)c1ccc(Cl)cc1N. The Morgan fingerprint density at radius 1 is 1.26 bits per heavy atom. The molecule has 6 heteroatoms. The first-order chi connectivity index (χ1) is 9.10. The molecule has 0 spiro atoms. The van der Waals surface area contributed by atoms with Crippen molar-refractivity contribution in [3.8, 4) is 12.1 Å².